The minimum Gasteiger partial charge on any atom is -0.324 e. The Labute approximate surface area is 83.9 Å². The van der Waals surface area contributed by atoms with Crippen LogP contribution in [0.1, 0.15) is 18.1 Å². The second-order valence-corrected chi connectivity index (χ2v) is 5.63. The fourth-order valence-electron chi connectivity index (χ4n) is 1.28. The molecule has 1 atom stereocenters. The Balaban J connectivity index is 2.80. The minimum absolute atomic E-state index is 0.428. The van der Waals surface area contributed by atoms with Gasteiger partial charge in [0.2, 0.25) is 0 Å². The van der Waals surface area contributed by atoms with Gasteiger partial charge in [0.15, 0.2) is 0 Å². The Kier molecular flexibility index (Phi) is 3.48. The Morgan fingerprint density at radius 2 is 1.93 bits per heavy atom. The predicted octanol–water partition coefficient (Wildman–Crippen LogP) is 2.10. The first-order valence-electron chi connectivity index (χ1n) is 4.51. The molecule has 1 aromatic rings. The van der Waals surface area contributed by atoms with E-state index in [0.717, 1.165) is 11.1 Å². The summed E-state index contributed by atoms with van der Waals surface area (Å²) in [6.07, 6.45) is 0.428. The van der Waals surface area contributed by atoms with Gasteiger partial charge in [0.05, 0.1) is 5.66 Å². The second kappa shape index (κ2) is 4.26. The number of benzene rings is 1. The van der Waals surface area contributed by atoms with Gasteiger partial charge in [-0.15, -0.1) is 0 Å². The molecule has 1 aromatic carbocycles. The van der Waals surface area contributed by atoms with E-state index in [-0.39, 0.29) is 0 Å². The van der Waals surface area contributed by atoms with Gasteiger partial charge in [0, 0.05) is 0 Å². The molecular formula is C10H15O3P. The Morgan fingerprint density at radius 3 is 2.43 bits per heavy atom. The maximum Gasteiger partial charge on any atom is 0.328 e. The second-order valence-electron chi connectivity index (χ2n) is 3.57. The van der Waals surface area contributed by atoms with Gasteiger partial charge in [-0.05, 0) is 24.5 Å². The third-order valence-electron chi connectivity index (χ3n) is 2.35. The SMILES string of the molecule is Cc1ccccc1CC(C)P(=O)(O)O. The summed E-state index contributed by atoms with van der Waals surface area (Å²) < 4.78 is 10.9. The molecule has 0 aliphatic carbocycles. The van der Waals surface area contributed by atoms with Crippen molar-refractivity contribution in [3.8, 4) is 0 Å². The van der Waals surface area contributed by atoms with Crippen molar-refractivity contribution in [3.63, 3.8) is 0 Å². The molecule has 0 saturated heterocycles. The smallest absolute Gasteiger partial charge is 0.324 e. The molecule has 1 unspecified atom stereocenters. The normalized spacial score (nSPS) is 14.0. The van der Waals surface area contributed by atoms with Crippen LogP contribution in [-0.4, -0.2) is 15.4 Å². The zero-order valence-electron chi connectivity index (χ0n) is 8.34. The molecule has 1 rings (SSSR count). The van der Waals surface area contributed by atoms with Gasteiger partial charge in [-0.25, -0.2) is 0 Å². The molecule has 0 amide bonds. The molecule has 0 aliphatic heterocycles. The number of rotatable bonds is 3. The van der Waals surface area contributed by atoms with Crippen molar-refractivity contribution < 1.29 is 14.4 Å². The molecule has 0 radical (unpaired) electrons. The summed E-state index contributed by atoms with van der Waals surface area (Å²) in [6.45, 7) is 3.52. The van der Waals surface area contributed by atoms with Crippen molar-refractivity contribution in [2.45, 2.75) is 25.9 Å². The van der Waals surface area contributed by atoms with Crippen molar-refractivity contribution in [1.29, 1.82) is 0 Å². The standard InChI is InChI=1S/C10H15O3P/c1-8-5-3-4-6-10(8)7-9(2)14(11,12)13/h3-6,9H,7H2,1-2H3,(H2,11,12,13). The van der Waals surface area contributed by atoms with Crippen LogP contribution in [0, 0.1) is 6.92 Å². The fraction of sp³-hybridized carbons (Fsp3) is 0.400. The first-order valence-corrected chi connectivity index (χ1v) is 6.19. The van der Waals surface area contributed by atoms with Crippen molar-refractivity contribution in [3.05, 3.63) is 35.4 Å². The van der Waals surface area contributed by atoms with E-state index in [1.165, 1.54) is 0 Å². The zero-order valence-corrected chi connectivity index (χ0v) is 9.24. The Morgan fingerprint density at radius 1 is 1.36 bits per heavy atom. The van der Waals surface area contributed by atoms with Gasteiger partial charge in [0.25, 0.3) is 0 Å². The van der Waals surface area contributed by atoms with Crippen LogP contribution in [0.5, 0.6) is 0 Å². The largest absolute Gasteiger partial charge is 0.328 e. The highest BCUT2D eigenvalue weighted by Gasteiger charge is 2.24. The van der Waals surface area contributed by atoms with Gasteiger partial charge in [-0.3, -0.25) is 4.57 Å². The molecule has 0 aliphatic rings. The van der Waals surface area contributed by atoms with E-state index in [1.807, 2.05) is 31.2 Å². The topological polar surface area (TPSA) is 57.5 Å². The first kappa shape index (κ1) is 11.4. The summed E-state index contributed by atoms with van der Waals surface area (Å²) in [7, 11) is -3.94. The highest BCUT2D eigenvalue weighted by molar-refractivity contribution is 7.52. The molecule has 14 heavy (non-hydrogen) atoms. The molecular weight excluding hydrogens is 199 g/mol. The Bertz CT molecular complexity index is 356. The van der Waals surface area contributed by atoms with Gasteiger partial charge in [0.1, 0.15) is 0 Å². The van der Waals surface area contributed by atoms with E-state index < -0.39 is 13.3 Å². The maximum atomic E-state index is 10.9. The van der Waals surface area contributed by atoms with Crippen molar-refractivity contribution >= 4 is 7.60 Å². The number of aryl methyl sites for hydroxylation is 1. The van der Waals surface area contributed by atoms with Crippen LogP contribution in [-0.2, 0) is 11.0 Å². The number of hydrogen-bond acceptors (Lipinski definition) is 1. The monoisotopic (exact) mass is 214 g/mol. The lowest BCUT2D eigenvalue weighted by Gasteiger charge is -2.14. The molecule has 3 nitrogen and oxygen atoms in total. The van der Waals surface area contributed by atoms with Gasteiger partial charge in [-0.2, -0.15) is 0 Å². The highest BCUT2D eigenvalue weighted by Crippen LogP contribution is 2.42. The zero-order chi connectivity index (χ0) is 10.8. The lowest BCUT2D eigenvalue weighted by atomic mass is 10.0. The lowest BCUT2D eigenvalue weighted by molar-refractivity contribution is 0.360. The van der Waals surface area contributed by atoms with E-state index in [1.54, 1.807) is 6.92 Å². The van der Waals surface area contributed by atoms with E-state index in [0.29, 0.717) is 6.42 Å². The average molecular weight is 214 g/mol. The molecule has 78 valence electrons. The summed E-state index contributed by atoms with van der Waals surface area (Å²) in [5.74, 6) is 0. The summed E-state index contributed by atoms with van der Waals surface area (Å²) in [6, 6.07) is 7.65. The van der Waals surface area contributed by atoms with Gasteiger partial charge < -0.3 is 9.79 Å². The summed E-state index contributed by atoms with van der Waals surface area (Å²) in [4.78, 5) is 17.9. The van der Waals surface area contributed by atoms with Crippen LogP contribution in [0.25, 0.3) is 0 Å². The van der Waals surface area contributed by atoms with Crippen LogP contribution < -0.4 is 0 Å². The maximum absolute atomic E-state index is 10.9. The number of hydrogen-bond donors (Lipinski definition) is 2. The van der Waals surface area contributed by atoms with Crippen molar-refractivity contribution in [2.75, 3.05) is 0 Å². The predicted molar refractivity (Wildman–Crippen MR) is 56.4 cm³/mol. The average Bonchev–Trinajstić information content (AvgIpc) is 2.07. The van der Waals surface area contributed by atoms with Crippen LogP contribution in [0.3, 0.4) is 0 Å². The summed E-state index contributed by atoms with van der Waals surface area (Å²) in [5, 5.41) is 0. The van der Waals surface area contributed by atoms with Crippen LogP contribution >= 0.6 is 7.60 Å². The van der Waals surface area contributed by atoms with Gasteiger partial charge in [-0.1, -0.05) is 31.2 Å². The molecule has 4 heteroatoms. The molecule has 0 aromatic heterocycles. The Hall–Kier alpha value is -0.630. The van der Waals surface area contributed by atoms with E-state index in [9.17, 15) is 4.57 Å². The van der Waals surface area contributed by atoms with E-state index in [2.05, 4.69) is 0 Å². The molecule has 0 spiro atoms. The fourth-order valence-corrected chi connectivity index (χ4v) is 1.71. The highest BCUT2D eigenvalue weighted by atomic mass is 31.2. The molecule has 0 fully saturated rings. The lowest BCUT2D eigenvalue weighted by Crippen LogP contribution is -2.07. The third kappa shape index (κ3) is 2.95. The molecule has 0 heterocycles. The van der Waals surface area contributed by atoms with Crippen molar-refractivity contribution in [1.82, 2.24) is 0 Å². The first-order chi connectivity index (χ1) is 6.41. The minimum atomic E-state index is -3.94. The van der Waals surface area contributed by atoms with Gasteiger partial charge >= 0.3 is 7.60 Å². The molecule has 2 N–H and O–H groups in total. The van der Waals surface area contributed by atoms with Crippen LogP contribution in [0.2, 0.25) is 0 Å². The van der Waals surface area contributed by atoms with Crippen molar-refractivity contribution in [2.24, 2.45) is 0 Å². The third-order valence-corrected chi connectivity index (χ3v) is 3.68. The molecule has 0 saturated carbocycles. The quantitative estimate of drug-likeness (QED) is 0.757. The van der Waals surface area contributed by atoms with Crippen LogP contribution in [0.4, 0.5) is 0 Å². The summed E-state index contributed by atoms with van der Waals surface area (Å²) >= 11 is 0. The van der Waals surface area contributed by atoms with E-state index >= 15 is 0 Å². The van der Waals surface area contributed by atoms with Crippen LogP contribution in [0.15, 0.2) is 24.3 Å². The van der Waals surface area contributed by atoms with E-state index in [4.69, 9.17) is 9.79 Å². The molecule has 0 bridgehead atoms. The summed E-state index contributed by atoms with van der Waals surface area (Å²) in [5.41, 5.74) is 1.47.